The van der Waals surface area contributed by atoms with Gasteiger partial charge in [-0.25, -0.2) is 0 Å². The molecule has 86 valence electrons. The lowest BCUT2D eigenvalue weighted by molar-refractivity contribution is 0.239. The highest BCUT2D eigenvalue weighted by Gasteiger charge is 2.42. The van der Waals surface area contributed by atoms with E-state index in [1.54, 1.807) is 25.7 Å². The summed E-state index contributed by atoms with van der Waals surface area (Å²) in [6.07, 6.45) is 10.4. The van der Waals surface area contributed by atoms with E-state index in [0.29, 0.717) is 6.04 Å². The maximum atomic E-state index is 6.12. The molecular weight excluding hydrogens is 182 g/mol. The summed E-state index contributed by atoms with van der Waals surface area (Å²) in [5, 5.41) is 0. The molecular formula is C14H25N. The third-order valence-corrected chi connectivity index (χ3v) is 5.78. The van der Waals surface area contributed by atoms with Crippen molar-refractivity contribution >= 4 is 0 Å². The minimum Gasteiger partial charge on any atom is -0.327 e. The van der Waals surface area contributed by atoms with Crippen molar-refractivity contribution in [1.29, 1.82) is 0 Å². The quantitative estimate of drug-likeness (QED) is 0.739. The first-order valence-corrected chi connectivity index (χ1v) is 6.99. The van der Waals surface area contributed by atoms with E-state index in [0.717, 1.165) is 29.6 Å². The zero-order valence-electron chi connectivity index (χ0n) is 9.99. The SMILES string of the molecule is CC1C(N)CCC1CC1CC2CCC1C2. The minimum atomic E-state index is 0.508. The third-order valence-electron chi connectivity index (χ3n) is 5.78. The topological polar surface area (TPSA) is 26.0 Å². The van der Waals surface area contributed by atoms with Crippen molar-refractivity contribution in [2.75, 3.05) is 0 Å². The van der Waals surface area contributed by atoms with Crippen molar-refractivity contribution in [3.8, 4) is 0 Å². The molecule has 1 heteroatoms. The van der Waals surface area contributed by atoms with Crippen LogP contribution >= 0.6 is 0 Å². The Morgan fingerprint density at radius 3 is 2.40 bits per heavy atom. The normalized spacial score (nSPS) is 54.0. The monoisotopic (exact) mass is 207 g/mol. The second kappa shape index (κ2) is 3.76. The van der Waals surface area contributed by atoms with Crippen LogP contribution < -0.4 is 5.73 Å². The van der Waals surface area contributed by atoms with E-state index in [1.165, 1.54) is 19.3 Å². The summed E-state index contributed by atoms with van der Waals surface area (Å²) in [5.74, 6) is 5.07. The number of hydrogen-bond acceptors (Lipinski definition) is 1. The molecule has 6 unspecified atom stereocenters. The van der Waals surface area contributed by atoms with Gasteiger partial charge in [0.05, 0.1) is 0 Å². The molecule has 0 spiro atoms. The van der Waals surface area contributed by atoms with Crippen LogP contribution in [0, 0.1) is 29.6 Å². The molecule has 6 atom stereocenters. The van der Waals surface area contributed by atoms with Crippen molar-refractivity contribution < 1.29 is 0 Å². The van der Waals surface area contributed by atoms with Gasteiger partial charge in [0.1, 0.15) is 0 Å². The van der Waals surface area contributed by atoms with Crippen LogP contribution in [0.15, 0.2) is 0 Å². The standard InChI is InChI=1S/C14H25N/c1-9-11(4-5-14(9)15)8-13-7-10-2-3-12(13)6-10/h9-14H,2-8,15H2,1H3. The van der Waals surface area contributed by atoms with Gasteiger partial charge in [0, 0.05) is 6.04 Å². The van der Waals surface area contributed by atoms with Crippen LogP contribution in [-0.4, -0.2) is 6.04 Å². The maximum absolute atomic E-state index is 6.12. The summed E-state index contributed by atoms with van der Waals surface area (Å²) in [5.41, 5.74) is 6.12. The average molecular weight is 207 g/mol. The van der Waals surface area contributed by atoms with E-state index in [4.69, 9.17) is 5.73 Å². The predicted molar refractivity (Wildman–Crippen MR) is 63.4 cm³/mol. The molecule has 3 rings (SSSR count). The lowest BCUT2D eigenvalue weighted by atomic mass is 9.79. The van der Waals surface area contributed by atoms with Gasteiger partial charge in [0.25, 0.3) is 0 Å². The fourth-order valence-corrected chi connectivity index (χ4v) is 4.67. The van der Waals surface area contributed by atoms with E-state index in [9.17, 15) is 0 Å². The molecule has 15 heavy (non-hydrogen) atoms. The molecule has 3 saturated carbocycles. The molecule has 0 aromatic carbocycles. The predicted octanol–water partition coefficient (Wildman–Crippen LogP) is 3.19. The van der Waals surface area contributed by atoms with Gasteiger partial charge in [0.2, 0.25) is 0 Å². The van der Waals surface area contributed by atoms with E-state index in [1.807, 2.05) is 0 Å². The Labute approximate surface area is 93.8 Å². The fourth-order valence-electron chi connectivity index (χ4n) is 4.67. The molecule has 0 heterocycles. The molecule has 2 bridgehead atoms. The number of hydrogen-bond donors (Lipinski definition) is 1. The van der Waals surface area contributed by atoms with Gasteiger partial charge in [-0.1, -0.05) is 13.3 Å². The second-order valence-corrected chi connectivity index (χ2v) is 6.53. The highest BCUT2D eigenvalue weighted by atomic mass is 14.7. The second-order valence-electron chi connectivity index (χ2n) is 6.53. The molecule has 0 amide bonds. The molecule has 2 N–H and O–H groups in total. The van der Waals surface area contributed by atoms with Gasteiger partial charge in [-0.3, -0.25) is 0 Å². The molecule has 3 aliphatic carbocycles. The summed E-state index contributed by atoms with van der Waals surface area (Å²) in [6.45, 7) is 2.38. The highest BCUT2D eigenvalue weighted by molar-refractivity contribution is 4.93. The van der Waals surface area contributed by atoms with Crippen LogP contribution in [-0.2, 0) is 0 Å². The Morgan fingerprint density at radius 2 is 1.87 bits per heavy atom. The van der Waals surface area contributed by atoms with E-state index in [-0.39, 0.29) is 0 Å². The Balaban J connectivity index is 1.57. The minimum absolute atomic E-state index is 0.508. The Bertz CT molecular complexity index is 235. The van der Waals surface area contributed by atoms with Gasteiger partial charge in [-0.15, -0.1) is 0 Å². The van der Waals surface area contributed by atoms with E-state index >= 15 is 0 Å². The van der Waals surface area contributed by atoms with E-state index < -0.39 is 0 Å². The van der Waals surface area contributed by atoms with Crippen LogP contribution in [0.1, 0.15) is 51.9 Å². The van der Waals surface area contributed by atoms with Crippen LogP contribution in [0.5, 0.6) is 0 Å². The number of nitrogens with two attached hydrogens (primary N) is 1. The van der Waals surface area contributed by atoms with Crippen LogP contribution in [0.4, 0.5) is 0 Å². The van der Waals surface area contributed by atoms with Crippen LogP contribution in [0.25, 0.3) is 0 Å². The fraction of sp³-hybridized carbons (Fsp3) is 1.00. The van der Waals surface area contributed by atoms with Gasteiger partial charge in [-0.05, 0) is 68.1 Å². The molecule has 0 saturated heterocycles. The summed E-state index contributed by atoms with van der Waals surface area (Å²) in [6, 6.07) is 0.508. The number of fused-ring (bicyclic) bond motifs is 2. The van der Waals surface area contributed by atoms with Gasteiger partial charge >= 0.3 is 0 Å². The molecule has 0 aromatic rings. The maximum Gasteiger partial charge on any atom is 0.00672 e. The van der Waals surface area contributed by atoms with Crippen molar-refractivity contribution in [2.24, 2.45) is 35.3 Å². The largest absolute Gasteiger partial charge is 0.327 e. The summed E-state index contributed by atoms with van der Waals surface area (Å²) >= 11 is 0. The van der Waals surface area contributed by atoms with Gasteiger partial charge in [-0.2, -0.15) is 0 Å². The summed E-state index contributed by atoms with van der Waals surface area (Å²) < 4.78 is 0. The van der Waals surface area contributed by atoms with Crippen molar-refractivity contribution in [3.63, 3.8) is 0 Å². The molecule has 0 aromatic heterocycles. The van der Waals surface area contributed by atoms with Crippen molar-refractivity contribution in [3.05, 3.63) is 0 Å². The lowest BCUT2D eigenvalue weighted by Crippen LogP contribution is -2.26. The van der Waals surface area contributed by atoms with Crippen molar-refractivity contribution in [2.45, 2.75) is 57.9 Å². The van der Waals surface area contributed by atoms with Crippen LogP contribution in [0.3, 0.4) is 0 Å². The average Bonchev–Trinajstić information content (AvgIpc) is 2.89. The molecule has 1 nitrogen and oxygen atoms in total. The highest BCUT2D eigenvalue weighted by Crippen LogP contribution is 2.52. The van der Waals surface area contributed by atoms with E-state index in [2.05, 4.69) is 6.92 Å². The molecule has 3 aliphatic rings. The molecule has 0 radical (unpaired) electrons. The number of rotatable bonds is 2. The molecule has 0 aliphatic heterocycles. The first kappa shape index (κ1) is 10.1. The van der Waals surface area contributed by atoms with Gasteiger partial charge < -0.3 is 5.73 Å². The zero-order chi connectivity index (χ0) is 10.4. The third kappa shape index (κ3) is 1.73. The first-order chi connectivity index (χ1) is 7.24. The lowest BCUT2D eigenvalue weighted by Gasteiger charge is -2.27. The van der Waals surface area contributed by atoms with Gasteiger partial charge in [0.15, 0.2) is 0 Å². The zero-order valence-corrected chi connectivity index (χ0v) is 9.99. The van der Waals surface area contributed by atoms with Crippen molar-refractivity contribution in [1.82, 2.24) is 0 Å². The summed E-state index contributed by atoms with van der Waals surface area (Å²) in [7, 11) is 0. The molecule has 3 fully saturated rings. The first-order valence-electron chi connectivity index (χ1n) is 6.99. The van der Waals surface area contributed by atoms with Crippen LogP contribution in [0.2, 0.25) is 0 Å². The Hall–Kier alpha value is -0.0400. The Morgan fingerprint density at radius 1 is 1.00 bits per heavy atom. The Kier molecular flexibility index (Phi) is 2.54. The summed E-state index contributed by atoms with van der Waals surface area (Å²) in [4.78, 5) is 0. The smallest absolute Gasteiger partial charge is 0.00672 e.